The molecule has 0 atom stereocenters. The van der Waals surface area contributed by atoms with Crippen molar-refractivity contribution in [2.24, 2.45) is 0 Å². The third kappa shape index (κ3) is 1.48. The molecule has 3 nitrogen and oxygen atoms in total. The van der Waals surface area contributed by atoms with Gasteiger partial charge >= 0.3 is 0 Å². The number of aryl methyl sites for hydroxylation is 1. The predicted molar refractivity (Wildman–Crippen MR) is 57.8 cm³/mol. The van der Waals surface area contributed by atoms with Crippen LogP contribution in [0.2, 0.25) is 0 Å². The maximum absolute atomic E-state index is 5.37. The molecule has 14 heavy (non-hydrogen) atoms. The summed E-state index contributed by atoms with van der Waals surface area (Å²) in [4.78, 5) is 0. The topological polar surface area (TPSA) is 30.5 Å². The quantitative estimate of drug-likeness (QED) is 0.882. The van der Waals surface area contributed by atoms with Gasteiger partial charge in [0.2, 0.25) is 6.79 Å². The molecule has 0 saturated heterocycles. The van der Waals surface area contributed by atoms with Crippen LogP contribution < -0.4 is 14.8 Å². The lowest BCUT2D eigenvalue weighted by Crippen LogP contribution is -2.07. The van der Waals surface area contributed by atoms with E-state index in [0.29, 0.717) is 6.79 Å². The SMILES string of the molecule is CNCc1c(C)cc2c(c1Br)OCO2. The average Bonchev–Trinajstić information content (AvgIpc) is 2.60. The molecule has 0 unspecified atom stereocenters. The second-order valence-corrected chi connectivity index (χ2v) is 4.04. The molecule has 1 aromatic rings. The fraction of sp³-hybridized carbons (Fsp3) is 0.400. The van der Waals surface area contributed by atoms with E-state index in [2.05, 4.69) is 28.2 Å². The largest absolute Gasteiger partial charge is 0.454 e. The van der Waals surface area contributed by atoms with Crippen LogP contribution in [0.15, 0.2) is 10.5 Å². The Hall–Kier alpha value is -0.740. The molecule has 0 aliphatic carbocycles. The molecule has 0 amide bonds. The summed E-state index contributed by atoms with van der Waals surface area (Å²) in [6.07, 6.45) is 0. The highest BCUT2D eigenvalue weighted by molar-refractivity contribution is 9.10. The lowest BCUT2D eigenvalue weighted by molar-refractivity contribution is 0.173. The summed E-state index contributed by atoms with van der Waals surface area (Å²) in [6, 6.07) is 2.01. The number of ether oxygens (including phenoxy) is 2. The van der Waals surface area contributed by atoms with Crippen molar-refractivity contribution in [3.05, 3.63) is 21.7 Å². The fourth-order valence-corrected chi connectivity index (χ4v) is 2.32. The standard InChI is InChI=1S/C10H12BrNO2/c1-6-3-8-10(14-5-13-8)9(11)7(6)4-12-2/h3,12H,4-5H2,1-2H3. The minimum atomic E-state index is 0.316. The monoisotopic (exact) mass is 257 g/mol. The molecule has 4 heteroatoms. The highest BCUT2D eigenvalue weighted by atomic mass is 79.9. The molecule has 0 bridgehead atoms. The van der Waals surface area contributed by atoms with Gasteiger partial charge in [0.15, 0.2) is 11.5 Å². The van der Waals surface area contributed by atoms with Crippen molar-refractivity contribution in [2.75, 3.05) is 13.8 Å². The second kappa shape index (κ2) is 3.79. The Balaban J connectivity index is 2.51. The summed E-state index contributed by atoms with van der Waals surface area (Å²) in [5.41, 5.74) is 2.42. The molecule has 0 saturated carbocycles. The average molecular weight is 258 g/mol. The van der Waals surface area contributed by atoms with E-state index in [9.17, 15) is 0 Å². The Kier molecular flexibility index (Phi) is 2.65. The predicted octanol–water partition coefficient (Wildman–Crippen LogP) is 2.21. The fourth-order valence-electron chi connectivity index (χ4n) is 1.55. The van der Waals surface area contributed by atoms with Crippen LogP contribution in [0.3, 0.4) is 0 Å². The third-order valence-electron chi connectivity index (χ3n) is 2.28. The molecule has 0 aromatic heterocycles. The number of fused-ring (bicyclic) bond motifs is 1. The molecule has 0 fully saturated rings. The van der Waals surface area contributed by atoms with E-state index >= 15 is 0 Å². The van der Waals surface area contributed by atoms with Crippen molar-refractivity contribution in [1.82, 2.24) is 5.32 Å². The Morgan fingerprint density at radius 1 is 1.50 bits per heavy atom. The molecule has 1 N–H and O–H groups in total. The molecule has 76 valence electrons. The number of nitrogens with one attached hydrogen (secondary N) is 1. The van der Waals surface area contributed by atoms with Crippen molar-refractivity contribution < 1.29 is 9.47 Å². The van der Waals surface area contributed by atoms with Gasteiger partial charge in [-0.1, -0.05) is 0 Å². The van der Waals surface area contributed by atoms with Crippen molar-refractivity contribution in [2.45, 2.75) is 13.5 Å². The van der Waals surface area contributed by atoms with Crippen molar-refractivity contribution in [3.8, 4) is 11.5 Å². The summed E-state index contributed by atoms with van der Waals surface area (Å²) >= 11 is 3.54. The van der Waals surface area contributed by atoms with Gasteiger partial charge < -0.3 is 14.8 Å². The highest BCUT2D eigenvalue weighted by Gasteiger charge is 2.20. The molecule has 1 heterocycles. The zero-order chi connectivity index (χ0) is 10.1. The van der Waals surface area contributed by atoms with Gasteiger partial charge in [-0.25, -0.2) is 0 Å². The van der Waals surface area contributed by atoms with Gasteiger partial charge in [0.25, 0.3) is 0 Å². The van der Waals surface area contributed by atoms with Gasteiger partial charge in [-0.15, -0.1) is 0 Å². The van der Waals surface area contributed by atoms with Gasteiger partial charge in [0, 0.05) is 6.54 Å². The summed E-state index contributed by atoms with van der Waals surface area (Å²) < 4.78 is 11.7. The lowest BCUT2D eigenvalue weighted by atomic mass is 10.1. The van der Waals surface area contributed by atoms with Gasteiger partial charge in [-0.05, 0) is 47.1 Å². The molecular formula is C10H12BrNO2. The smallest absolute Gasteiger partial charge is 0.231 e. The van der Waals surface area contributed by atoms with Crippen LogP contribution in [0.25, 0.3) is 0 Å². The first kappa shape index (κ1) is 9.80. The van der Waals surface area contributed by atoms with Crippen LogP contribution in [0.1, 0.15) is 11.1 Å². The van der Waals surface area contributed by atoms with Gasteiger partial charge in [-0.3, -0.25) is 0 Å². The van der Waals surface area contributed by atoms with Crippen LogP contribution in [-0.4, -0.2) is 13.8 Å². The number of benzene rings is 1. The summed E-state index contributed by atoms with van der Waals surface area (Å²) in [6.45, 7) is 3.21. The van der Waals surface area contributed by atoms with Gasteiger partial charge in [0.05, 0.1) is 4.47 Å². The highest BCUT2D eigenvalue weighted by Crippen LogP contribution is 2.42. The molecule has 0 spiro atoms. The number of hydrogen-bond donors (Lipinski definition) is 1. The summed E-state index contributed by atoms with van der Waals surface area (Å²) in [5, 5.41) is 3.13. The number of hydrogen-bond acceptors (Lipinski definition) is 3. The third-order valence-corrected chi connectivity index (χ3v) is 3.12. The van der Waals surface area contributed by atoms with Crippen molar-refractivity contribution >= 4 is 15.9 Å². The normalized spacial score (nSPS) is 13.4. The second-order valence-electron chi connectivity index (χ2n) is 3.25. The molecular weight excluding hydrogens is 246 g/mol. The zero-order valence-corrected chi connectivity index (χ0v) is 9.77. The first-order valence-electron chi connectivity index (χ1n) is 4.46. The Morgan fingerprint density at radius 2 is 2.29 bits per heavy atom. The first-order chi connectivity index (χ1) is 6.74. The number of halogens is 1. The Labute approximate surface area is 91.5 Å². The van der Waals surface area contributed by atoms with Crippen LogP contribution >= 0.6 is 15.9 Å². The van der Waals surface area contributed by atoms with E-state index in [1.165, 1.54) is 11.1 Å². The van der Waals surface area contributed by atoms with Gasteiger partial charge in [-0.2, -0.15) is 0 Å². The van der Waals surface area contributed by atoms with Gasteiger partial charge in [0.1, 0.15) is 0 Å². The van der Waals surface area contributed by atoms with Crippen LogP contribution in [-0.2, 0) is 6.54 Å². The molecule has 1 aliphatic rings. The minimum absolute atomic E-state index is 0.316. The van der Waals surface area contributed by atoms with E-state index in [-0.39, 0.29) is 0 Å². The van der Waals surface area contributed by atoms with Crippen molar-refractivity contribution in [1.29, 1.82) is 0 Å². The maximum atomic E-state index is 5.37. The van der Waals surface area contributed by atoms with Crippen LogP contribution in [0.5, 0.6) is 11.5 Å². The summed E-state index contributed by atoms with van der Waals surface area (Å²) in [5.74, 6) is 1.65. The van der Waals surface area contributed by atoms with E-state index in [1.54, 1.807) is 0 Å². The van der Waals surface area contributed by atoms with E-state index in [0.717, 1.165) is 22.5 Å². The Morgan fingerprint density at radius 3 is 3.00 bits per heavy atom. The number of rotatable bonds is 2. The lowest BCUT2D eigenvalue weighted by Gasteiger charge is -2.10. The molecule has 1 aliphatic heterocycles. The minimum Gasteiger partial charge on any atom is -0.454 e. The Bertz CT molecular complexity index is 366. The molecule has 1 aromatic carbocycles. The zero-order valence-electron chi connectivity index (χ0n) is 8.19. The van der Waals surface area contributed by atoms with Crippen LogP contribution in [0.4, 0.5) is 0 Å². The van der Waals surface area contributed by atoms with Crippen molar-refractivity contribution in [3.63, 3.8) is 0 Å². The molecule has 0 radical (unpaired) electrons. The summed E-state index contributed by atoms with van der Waals surface area (Å²) in [7, 11) is 1.93. The van der Waals surface area contributed by atoms with Crippen LogP contribution in [0, 0.1) is 6.92 Å². The van der Waals surface area contributed by atoms with E-state index < -0.39 is 0 Å². The molecule has 2 rings (SSSR count). The van der Waals surface area contributed by atoms with E-state index in [4.69, 9.17) is 9.47 Å². The first-order valence-corrected chi connectivity index (χ1v) is 5.25. The van der Waals surface area contributed by atoms with E-state index in [1.807, 2.05) is 13.1 Å². The maximum Gasteiger partial charge on any atom is 0.231 e.